The lowest BCUT2D eigenvalue weighted by atomic mass is 9.86. The van der Waals surface area contributed by atoms with Gasteiger partial charge in [0.15, 0.2) is 0 Å². The first kappa shape index (κ1) is 20.9. The van der Waals surface area contributed by atoms with E-state index >= 15 is 0 Å². The van der Waals surface area contributed by atoms with Gasteiger partial charge in [-0.25, -0.2) is 0 Å². The quantitative estimate of drug-likeness (QED) is 0.713. The monoisotopic (exact) mass is 374 g/mol. The summed E-state index contributed by atoms with van der Waals surface area (Å²) in [5.41, 5.74) is 1.78. The lowest BCUT2D eigenvalue weighted by Crippen LogP contribution is -2.40. The lowest BCUT2D eigenvalue weighted by molar-refractivity contribution is -0.142. The fraction of sp³-hybridized carbons (Fsp3) is 0.571. The van der Waals surface area contributed by atoms with Crippen molar-refractivity contribution in [1.29, 1.82) is 0 Å². The molecule has 1 aromatic rings. The normalized spacial score (nSPS) is 20.0. The number of hydrogen-bond donors (Lipinski definition) is 3. The van der Waals surface area contributed by atoms with Crippen molar-refractivity contribution in [3.05, 3.63) is 35.4 Å². The zero-order valence-corrected chi connectivity index (χ0v) is 16.4. The molecule has 0 heterocycles. The van der Waals surface area contributed by atoms with Gasteiger partial charge in [-0.2, -0.15) is 0 Å². The van der Waals surface area contributed by atoms with Crippen LogP contribution in [-0.2, 0) is 15.0 Å². The van der Waals surface area contributed by atoms with Crippen molar-refractivity contribution in [1.82, 2.24) is 10.6 Å². The number of carboxylic acids is 1. The Bertz CT molecular complexity index is 668. The number of hydrogen-bond acceptors (Lipinski definition) is 3. The van der Waals surface area contributed by atoms with Crippen molar-refractivity contribution in [3.63, 3.8) is 0 Å². The van der Waals surface area contributed by atoms with E-state index in [1.165, 1.54) is 0 Å². The second-order valence-electron chi connectivity index (χ2n) is 8.29. The molecule has 1 aromatic carbocycles. The van der Waals surface area contributed by atoms with Crippen molar-refractivity contribution in [2.24, 2.45) is 5.92 Å². The third-order valence-electron chi connectivity index (χ3n) is 5.09. The van der Waals surface area contributed by atoms with E-state index in [9.17, 15) is 14.4 Å². The van der Waals surface area contributed by atoms with Gasteiger partial charge in [0.25, 0.3) is 5.91 Å². The van der Waals surface area contributed by atoms with E-state index in [2.05, 4.69) is 31.4 Å². The predicted octanol–water partition coefficient (Wildman–Crippen LogP) is 2.86. The molecule has 0 unspecified atom stereocenters. The average molecular weight is 374 g/mol. The summed E-state index contributed by atoms with van der Waals surface area (Å²) in [7, 11) is 0. The molecule has 0 spiro atoms. The van der Waals surface area contributed by atoms with Gasteiger partial charge in [0.05, 0.1) is 5.92 Å². The van der Waals surface area contributed by atoms with Crippen LogP contribution in [0.5, 0.6) is 0 Å². The Morgan fingerprint density at radius 2 is 1.63 bits per heavy atom. The summed E-state index contributed by atoms with van der Waals surface area (Å²) in [5, 5.41) is 14.7. The molecule has 2 amide bonds. The number of amides is 2. The maximum Gasteiger partial charge on any atom is 0.306 e. The van der Waals surface area contributed by atoms with Crippen LogP contribution in [0.2, 0.25) is 0 Å². The molecular weight excluding hydrogens is 344 g/mol. The molecule has 0 atom stereocenters. The highest BCUT2D eigenvalue weighted by Gasteiger charge is 2.26. The van der Waals surface area contributed by atoms with Gasteiger partial charge in [-0.05, 0) is 48.8 Å². The molecule has 0 aliphatic heterocycles. The maximum atomic E-state index is 12.2. The van der Waals surface area contributed by atoms with Gasteiger partial charge in [-0.3, -0.25) is 14.4 Å². The number of carboxylic acid groups (broad SMARTS) is 1. The van der Waals surface area contributed by atoms with Crippen LogP contribution in [-0.4, -0.2) is 35.5 Å². The molecule has 1 saturated carbocycles. The second kappa shape index (κ2) is 9.02. The van der Waals surface area contributed by atoms with Crippen LogP contribution in [0.3, 0.4) is 0 Å². The number of rotatable bonds is 6. The first-order valence-electron chi connectivity index (χ1n) is 9.57. The Morgan fingerprint density at radius 1 is 1.04 bits per heavy atom. The van der Waals surface area contributed by atoms with E-state index in [-0.39, 0.29) is 42.2 Å². The van der Waals surface area contributed by atoms with Crippen LogP contribution in [0.4, 0.5) is 0 Å². The molecular formula is C21H30N2O4. The zero-order chi connectivity index (χ0) is 20.0. The summed E-state index contributed by atoms with van der Waals surface area (Å²) < 4.78 is 0. The first-order chi connectivity index (χ1) is 12.7. The topological polar surface area (TPSA) is 95.5 Å². The molecule has 1 aliphatic rings. The second-order valence-corrected chi connectivity index (χ2v) is 8.29. The molecule has 0 radical (unpaired) electrons. The van der Waals surface area contributed by atoms with Crippen molar-refractivity contribution < 1.29 is 19.5 Å². The van der Waals surface area contributed by atoms with E-state index < -0.39 is 5.97 Å². The molecule has 2 rings (SSSR count). The summed E-state index contributed by atoms with van der Waals surface area (Å²) in [5.74, 6) is -1.34. The minimum Gasteiger partial charge on any atom is -0.481 e. The molecule has 6 heteroatoms. The van der Waals surface area contributed by atoms with Crippen molar-refractivity contribution in [2.75, 3.05) is 6.54 Å². The van der Waals surface area contributed by atoms with Gasteiger partial charge >= 0.3 is 5.97 Å². The number of nitrogens with one attached hydrogen (secondary N) is 2. The fourth-order valence-electron chi connectivity index (χ4n) is 3.30. The number of carbonyl (C=O) groups is 3. The Morgan fingerprint density at radius 3 is 2.15 bits per heavy atom. The minimum absolute atomic E-state index is 0.0359. The van der Waals surface area contributed by atoms with Crippen molar-refractivity contribution in [2.45, 2.75) is 64.3 Å². The summed E-state index contributed by atoms with van der Waals surface area (Å²) in [6.45, 7) is 6.63. The molecule has 6 nitrogen and oxygen atoms in total. The molecule has 1 fully saturated rings. The van der Waals surface area contributed by atoms with E-state index in [0.717, 1.165) is 5.56 Å². The highest BCUT2D eigenvalue weighted by molar-refractivity contribution is 5.94. The molecule has 0 saturated heterocycles. The zero-order valence-electron chi connectivity index (χ0n) is 16.4. The molecule has 0 bridgehead atoms. The Kier molecular flexibility index (Phi) is 6.99. The van der Waals surface area contributed by atoms with Crippen LogP contribution in [0, 0.1) is 5.92 Å². The predicted molar refractivity (Wildman–Crippen MR) is 104 cm³/mol. The summed E-state index contributed by atoms with van der Waals surface area (Å²) in [4.78, 5) is 35.1. The average Bonchev–Trinajstić information content (AvgIpc) is 2.61. The van der Waals surface area contributed by atoms with Gasteiger partial charge in [0.2, 0.25) is 5.91 Å². The molecule has 0 aromatic heterocycles. The van der Waals surface area contributed by atoms with Crippen LogP contribution in [0.1, 0.15) is 68.8 Å². The minimum atomic E-state index is -0.752. The SMILES string of the molecule is CC(C)(C)c1ccc(C(=O)NCCC(=O)NC2CCC(C(=O)O)CC2)cc1. The molecule has 27 heavy (non-hydrogen) atoms. The summed E-state index contributed by atoms with van der Waals surface area (Å²) in [6, 6.07) is 7.55. The van der Waals surface area contributed by atoms with E-state index in [0.29, 0.717) is 31.2 Å². The molecule has 148 valence electrons. The van der Waals surface area contributed by atoms with E-state index in [1.807, 2.05) is 12.1 Å². The van der Waals surface area contributed by atoms with Gasteiger partial charge < -0.3 is 15.7 Å². The van der Waals surface area contributed by atoms with Gasteiger partial charge in [0, 0.05) is 24.6 Å². The van der Waals surface area contributed by atoms with Gasteiger partial charge in [0.1, 0.15) is 0 Å². The number of carbonyl (C=O) groups excluding carboxylic acids is 2. The number of benzene rings is 1. The van der Waals surface area contributed by atoms with E-state index in [4.69, 9.17) is 5.11 Å². The fourth-order valence-corrected chi connectivity index (χ4v) is 3.30. The highest BCUT2D eigenvalue weighted by atomic mass is 16.4. The standard InChI is InChI=1S/C21H30N2O4/c1-21(2,3)16-8-4-14(5-9-16)19(25)22-13-12-18(24)23-17-10-6-15(7-11-17)20(26)27/h4-5,8-9,15,17H,6-7,10-13H2,1-3H3,(H,22,25)(H,23,24)(H,26,27). The lowest BCUT2D eigenvalue weighted by Gasteiger charge is -2.26. The largest absolute Gasteiger partial charge is 0.481 e. The number of aliphatic carboxylic acids is 1. The third-order valence-corrected chi connectivity index (χ3v) is 5.09. The molecule has 1 aliphatic carbocycles. The van der Waals surface area contributed by atoms with Crippen LogP contribution in [0.15, 0.2) is 24.3 Å². The Balaban J connectivity index is 1.70. The highest BCUT2D eigenvalue weighted by Crippen LogP contribution is 2.24. The summed E-state index contributed by atoms with van der Waals surface area (Å²) >= 11 is 0. The van der Waals surface area contributed by atoms with Crippen LogP contribution >= 0.6 is 0 Å². The van der Waals surface area contributed by atoms with Crippen LogP contribution in [0.25, 0.3) is 0 Å². The van der Waals surface area contributed by atoms with Crippen molar-refractivity contribution in [3.8, 4) is 0 Å². The van der Waals surface area contributed by atoms with Gasteiger partial charge in [-0.15, -0.1) is 0 Å². The first-order valence-corrected chi connectivity index (χ1v) is 9.57. The van der Waals surface area contributed by atoms with E-state index in [1.54, 1.807) is 12.1 Å². The van der Waals surface area contributed by atoms with Gasteiger partial charge in [-0.1, -0.05) is 32.9 Å². The summed E-state index contributed by atoms with van der Waals surface area (Å²) in [6.07, 6.45) is 2.79. The smallest absolute Gasteiger partial charge is 0.306 e. The molecule has 3 N–H and O–H groups in total. The third kappa shape index (κ3) is 6.38. The maximum absolute atomic E-state index is 12.2. The van der Waals surface area contributed by atoms with Crippen LogP contribution < -0.4 is 10.6 Å². The Hall–Kier alpha value is -2.37. The Labute approximate surface area is 160 Å². The van der Waals surface area contributed by atoms with Crippen molar-refractivity contribution >= 4 is 17.8 Å².